The number of benzene rings is 5. The number of ether oxygens (including phenoxy) is 1. The van der Waals surface area contributed by atoms with Gasteiger partial charge in [-0.2, -0.15) is 0 Å². The van der Waals surface area contributed by atoms with Gasteiger partial charge in [0.15, 0.2) is 0 Å². The minimum atomic E-state index is -1.85. The van der Waals surface area contributed by atoms with E-state index in [1.807, 2.05) is 13.8 Å². The Labute approximate surface area is 279 Å². The number of rotatable bonds is 10. The Morgan fingerprint density at radius 3 is 1.07 bits per heavy atom. The van der Waals surface area contributed by atoms with Gasteiger partial charge >= 0.3 is 18.9 Å². The maximum Gasteiger partial charge on any atom is 1.00 e. The van der Waals surface area contributed by atoms with Crippen LogP contribution in [0.2, 0.25) is 19.6 Å². The van der Waals surface area contributed by atoms with Crippen LogP contribution in [0, 0.1) is 6.92 Å². The molecule has 0 aromatic heterocycles. The van der Waals surface area contributed by atoms with Crippen molar-refractivity contribution in [3.63, 3.8) is 0 Å². The fraction of sp³-hybridized carbons (Fsp3) is 0.250. The monoisotopic (exact) mass is 591 g/mol. The van der Waals surface area contributed by atoms with Gasteiger partial charge in [0.2, 0.25) is 0 Å². The molecule has 0 aliphatic carbocycles. The van der Waals surface area contributed by atoms with Crippen LogP contribution in [-0.4, -0.2) is 21.4 Å². The summed E-state index contributed by atoms with van der Waals surface area (Å²) >= 11 is 0. The predicted molar refractivity (Wildman–Crippen MR) is 187 cm³/mol. The summed E-state index contributed by atoms with van der Waals surface area (Å²) in [5.74, 6) is 0.191. The van der Waals surface area contributed by atoms with E-state index in [1.54, 1.807) is 0 Å². The van der Waals surface area contributed by atoms with E-state index in [0.29, 0.717) is 0 Å². The predicted octanol–water partition coefficient (Wildman–Crippen LogP) is 8.24. The second-order valence-corrected chi connectivity index (χ2v) is 16.4. The molecule has 0 atom stereocenters. The van der Waals surface area contributed by atoms with E-state index in [0.717, 1.165) is 18.9 Å². The zero-order valence-corrected chi connectivity index (χ0v) is 28.6. The molecular weight excluding hydrogens is 545 g/mol. The van der Waals surface area contributed by atoms with Crippen LogP contribution >= 0.6 is 0 Å². The van der Waals surface area contributed by atoms with Crippen molar-refractivity contribution in [3.8, 4) is 0 Å². The minimum Gasteiger partial charge on any atom is -0.687 e. The zero-order chi connectivity index (χ0) is 30.7. The first-order valence-corrected chi connectivity index (χ1v) is 18.9. The standard InChI is InChI=1S/C36H36NSi.C4H10O.Li/c1-27-25-32(34(28-17-9-5-10-18-28)29-19-11-6-12-20-29)36(37-38(2,3)4)33(26-27)35(30-21-13-7-14-22-30)31-23-15-8-16-24-31;1-3-5-4-2;/h5-26,34-35H,1-4H3;3-4H2,1-2H3;/q-1;;+1. The molecule has 4 heteroatoms. The normalized spacial score (nSPS) is 11.0. The Hall–Kier alpha value is -3.33. The summed E-state index contributed by atoms with van der Waals surface area (Å²) in [6, 6.07) is 48.4. The number of hydrogen-bond acceptors (Lipinski definition) is 1. The smallest absolute Gasteiger partial charge is 0.687 e. The third-order valence-corrected chi connectivity index (χ3v) is 8.22. The molecule has 0 aliphatic rings. The van der Waals surface area contributed by atoms with Crippen molar-refractivity contribution < 1.29 is 23.6 Å². The van der Waals surface area contributed by atoms with Gasteiger partial charge in [0.1, 0.15) is 0 Å². The summed E-state index contributed by atoms with van der Waals surface area (Å²) in [7, 11) is -1.85. The number of nitrogens with zero attached hydrogens (tertiary/aromatic N) is 1. The Bertz CT molecular complexity index is 1340. The van der Waals surface area contributed by atoms with Crippen LogP contribution in [0.5, 0.6) is 0 Å². The average Bonchev–Trinajstić information content (AvgIpc) is 3.01. The van der Waals surface area contributed by atoms with Crippen LogP contribution in [0.15, 0.2) is 133 Å². The molecule has 5 aromatic rings. The van der Waals surface area contributed by atoms with Crippen molar-refractivity contribution in [2.45, 2.75) is 52.2 Å². The van der Waals surface area contributed by atoms with E-state index in [1.165, 1.54) is 38.9 Å². The summed E-state index contributed by atoms with van der Waals surface area (Å²) in [6.45, 7) is 14.9. The Morgan fingerprint density at radius 2 is 0.841 bits per heavy atom. The fourth-order valence-corrected chi connectivity index (χ4v) is 6.56. The molecule has 0 saturated carbocycles. The van der Waals surface area contributed by atoms with Crippen molar-refractivity contribution in [1.29, 1.82) is 0 Å². The average molecular weight is 592 g/mol. The summed E-state index contributed by atoms with van der Waals surface area (Å²) in [5.41, 5.74) is 10.2. The van der Waals surface area contributed by atoms with Gasteiger partial charge in [-0.1, -0.05) is 170 Å². The van der Waals surface area contributed by atoms with Crippen molar-refractivity contribution in [1.82, 2.24) is 0 Å². The molecule has 0 aliphatic heterocycles. The zero-order valence-electron chi connectivity index (χ0n) is 27.6. The van der Waals surface area contributed by atoms with E-state index in [-0.39, 0.29) is 30.7 Å². The van der Waals surface area contributed by atoms with Crippen LogP contribution in [0.25, 0.3) is 4.98 Å². The molecule has 0 N–H and O–H groups in total. The molecule has 0 amide bonds. The molecular formula is C40H46LiNOSi. The SMILES string of the molecule is CCOCC.Cc1cc(C(c2ccccc2)c2ccccc2)c([N-][Si](C)(C)C)c(C(c2ccccc2)c2ccccc2)c1.[Li+]. The Balaban J connectivity index is 0.000000817. The molecule has 0 saturated heterocycles. The summed E-state index contributed by atoms with van der Waals surface area (Å²) in [4.78, 5) is 5.62. The molecule has 0 bridgehead atoms. The van der Waals surface area contributed by atoms with Gasteiger partial charge in [-0.25, -0.2) is 0 Å². The second-order valence-electron chi connectivity index (χ2n) is 11.9. The van der Waals surface area contributed by atoms with Gasteiger partial charge in [-0.05, 0) is 51.3 Å². The molecule has 0 heterocycles. The molecule has 0 unspecified atom stereocenters. The molecule has 44 heavy (non-hydrogen) atoms. The second kappa shape index (κ2) is 17.2. The van der Waals surface area contributed by atoms with E-state index < -0.39 is 8.24 Å². The third kappa shape index (κ3) is 9.59. The largest absolute Gasteiger partial charge is 1.00 e. The van der Waals surface area contributed by atoms with E-state index in [2.05, 4.69) is 160 Å². The number of aryl methyl sites for hydroxylation is 1. The Kier molecular flexibility index (Phi) is 13.8. The molecule has 5 aromatic carbocycles. The van der Waals surface area contributed by atoms with Crippen LogP contribution in [0.1, 0.15) is 64.6 Å². The van der Waals surface area contributed by atoms with Crippen molar-refractivity contribution >= 4 is 13.9 Å². The molecule has 5 rings (SSSR count). The third-order valence-electron chi connectivity index (χ3n) is 7.32. The van der Waals surface area contributed by atoms with Crippen molar-refractivity contribution in [2.24, 2.45) is 0 Å². The van der Waals surface area contributed by atoms with Gasteiger partial charge < -0.3 is 9.72 Å². The van der Waals surface area contributed by atoms with Crippen LogP contribution in [0.3, 0.4) is 0 Å². The van der Waals surface area contributed by atoms with Crippen LogP contribution in [-0.2, 0) is 4.74 Å². The maximum absolute atomic E-state index is 5.62. The summed E-state index contributed by atoms with van der Waals surface area (Å²) in [5, 5.41) is 0. The van der Waals surface area contributed by atoms with Crippen molar-refractivity contribution in [2.75, 3.05) is 13.2 Å². The fourth-order valence-electron chi connectivity index (χ4n) is 5.63. The molecule has 2 nitrogen and oxygen atoms in total. The molecule has 222 valence electrons. The first-order valence-electron chi connectivity index (χ1n) is 15.5. The van der Waals surface area contributed by atoms with Crippen LogP contribution in [0.4, 0.5) is 5.69 Å². The quantitative estimate of drug-likeness (QED) is 0.119. The molecule has 0 spiro atoms. The molecule has 0 radical (unpaired) electrons. The van der Waals surface area contributed by atoms with Gasteiger partial charge in [-0.3, -0.25) is 0 Å². The number of hydrogen-bond donors (Lipinski definition) is 0. The summed E-state index contributed by atoms with van der Waals surface area (Å²) in [6.07, 6.45) is 0. The van der Waals surface area contributed by atoms with E-state index in [4.69, 9.17) is 9.72 Å². The topological polar surface area (TPSA) is 23.3 Å². The van der Waals surface area contributed by atoms with Gasteiger partial charge in [-0.15, -0.1) is 5.69 Å². The van der Waals surface area contributed by atoms with Crippen molar-refractivity contribution in [3.05, 3.63) is 177 Å². The van der Waals surface area contributed by atoms with Gasteiger partial charge in [0, 0.05) is 25.0 Å². The van der Waals surface area contributed by atoms with Gasteiger partial charge in [0.05, 0.1) is 0 Å². The minimum absolute atomic E-state index is 0. The van der Waals surface area contributed by atoms with Gasteiger partial charge in [0.25, 0.3) is 0 Å². The first-order chi connectivity index (χ1) is 20.8. The van der Waals surface area contributed by atoms with E-state index >= 15 is 0 Å². The molecule has 0 fully saturated rings. The summed E-state index contributed by atoms with van der Waals surface area (Å²) < 4.78 is 4.83. The maximum atomic E-state index is 5.62. The Morgan fingerprint density at radius 1 is 0.545 bits per heavy atom. The van der Waals surface area contributed by atoms with E-state index in [9.17, 15) is 0 Å². The first kappa shape index (κ1) is 35.2. The van der Waals surface area contributed by atoms with Crippen LogP contribution < -0.4 is 18.9 Å².